The van der Waals surface area contributed by atoms with Crippen LogP contribution in [-0.2, 0) is 10.7 Å². The first kappa shape index (κ1) is 9.70. The number of thiol groups is 1. The molecule has 0 fully saturated rings. The van der Waals surface area contributed by atoms with Crippen LogP contribution in [0.1, 0.15) is 0 Å². The van der Waals surface area contributed by atoms with E-state index < -0.39 is 28.7 Å². The summed E-state index contributed by atoms with van der Waals surface area (Å²) < 4.78 is 53.8. The highest BCUT2D eigenvalue weighted by Gasteiger charge is 2.41. The fourth-order valence-corrected chi connectivity index (χ4v) is 0.662. The van der Waals surface area contributed by atoms with Gasteiger partial charge in [0.05, 0.1) is 6.61 Å². The third-order valence-corrected chi connectivity index (χ3v) is 1.77. The number of aliphatic hydroxyl groups is 1. The monoisotopic (exact) mass is 178 g/mol. The maximum atomic E-state index is 11.4. The molecule has 62 valence electrons. The zero-order chi connectivity index (χ0) is 8.36. The zero-order valence-electron chi connectivity index (χ0n) is 4.63. The molecule has 0 saturated heterocycles. The molecular formula is C3H5F3O3S. The van der Waals surface area contributed by atoms with Crippen molar-refractivity contribution in [3.05, 3.63) is 0 Å². The highest BCUT2D eigenvalue weighted by molar-refractivity contribution is 7.73. The molecule has 0 aliphatic heterocycles. The SMILES string of the molecule is O=[SH](=O)C(CO)C(F)(F)F. The number of hydrogen-bond donors (Lipinski definition) is 2. The Kier molecular flexibility index (Phi) is 3.10. The molecular weight excluding hydrogens is 173 g/mol. The van der Waals surface area contributed by atoms with Crippen molar-refractivity contribution in [2.75, 3.05) is 6.61 Å². The van der Waals surface area contributed by atoms with Crippen LogP contribution in [0.25, 0.3) is 0 Å². The maximum absolute atomic E-state index is 11.4. The summed E-state index contributed by atoms with van der Waals surface area (Å²) >= 11 is 0. The molecule has 0 radical (unpaired) electrons. The molecule has 0 aromatic carbocycles. The molecule has 0 bridgehead atoms. The Bertz CT molecular complexity index is 164. The van der Waals surface area contributed by atoms with E-state index in [1.165, 1.54) is 0 Å². The summed E-state index contributed by atoms with van der Waals surface area (Å²) in [7, 11) is -3.63. The molecule has 0 saturated carbocycles. The average Bonchev–Trinajstić information content (AvgIpc) is 1.60. The lowest BCUT2D eigenvalue weighted by Gasteiger charge is -2.09. The number of alkyl halides is 3. The third kappa shape index (κ3) is 2.53. The van der Waals surface area contributed by atoms with Gasteiger partial charge < -0.3 is 5.11 Å². The van der Waals surface area contributed by atoms with Gasteiger partial charge in [0.1, 0.15) is 0 Å². The van der Waals surface area contributed by atoms with Crippen LogP contribution in [0.5, 0.6) is 0 Å². The normalized spacial score (nSPS) is 15.7. The molecule has 1 N–H and O–H groups in total. The fourth-order valence-electron chi connectivity index (χ4n) is 0.290. The second-order valence-corrected chi connectivity index (χ2v) is 2.72. The minimum Gasteiger partial charge on any atom is -0.395 e. The van der Waals surface area contributed by atoms with Crippen LogP contribution >= 0.6 is 0 Å². The molecule has 7 heteroatoms. The Labute approximate surface area is 56.4 Å². The Morgan fingerprint density at radius 1 is 1.40 bits per heavy atom. The number of hydrogen-bond acceptors (Lipinski definition) is 3. The van der Waals surface area contributed by atoms with E-state index in [-0.39, 0.29) is 0 Å². The first-order valence-corrected chi connectivity index (χ1v) is 3.45. The van der Waals surface area contributed by atoms with E-state index in [0.717, 1.165) is 0 Å². The summed E-state index contributed by atoms with van der Waals surface area (Å²) in [5, 5.41) is 5.31. The summed E-state index contributed by atoms with van der Waals surface area (Å²) in [6.07, 6.45) is -4.86. The van der Waals surface area contributed by atoms with Crippen molar-refractivity contribution in [3.8, 4) is 0 Å². The standard InChI is InChI=1S/C3H5F3O3S/c4-3(5,6)2(1-7)10(8)9/h2,7,10H,1H2. The zero-order valence-corrected chi connectivity index (χ0v) is 5.52. The van der Waals surface area contributed by atoms with Gasteiger partial charge in [-0.3, -0.25) is 0 Å². The van der Waals surface area contributed by atoms with E-state index in [0.29, 0.717) is 0 Å². The quantitative estimate of drug-likeness (QED) is 0.561. The van der Waals surface area contributed by atoms with Gasteiger partial charge >= 0.3 is 6.18 Å². The molecule has 0 aromatic heterocycles. The van der Waals surface area contributed by atoms with Gasteiger partial charge in [0.2, 0.25) is 0 Å². The van der Waals surface area contributed by atoms with Crippen LogP contribution in [0.15, 0.2) is 0 Å². The van der Waals surface area contributed by atoms with Gasteiger partial charge in [0.25, 0.3) is 0 Å². The summed E-state index contributed by atoms with van der Waals surface area (Å²) in [4.78, 5) is 0. The fraction of sp³-hybridized carbons (Fsp3) is 1.00. The van der Waals surface area contributed by atoms with Crippen molar-refractivity contribution in [1.29, 1.82) is 0 Å². The van der Waals surface area contributed by atoms with Crippen LogP contribution in [0.2, 0.25) is 0 Å². The Morgan fingerprint density at radius 2 is 1.80 bits per heavy atom. The molecule has 1 unspecified atom stereocenters. The summed E-state index contributed by atoms with van der Waals surface area (Å²) in [5.41, 5.74) is 0. The lowest BCUT2D eigenvalue weighted by Crippen LogP contribution is -2.33. The van der Waals surface area contributed by atoms with Gasteiger partial charge in [0.15, 0.2) is 16.0 Å². The average molecular weight is 178 g/mol. The summed E-state index contributed by atoms with van der Waals surface area (Å²) in [6, 6.07) is 0. The molecule has 0 heterocycles. The van der Waals surface area contributed by atoms with Crippen molar-refractivity contribution < 1.29 is 26.7 Å². The van der Waals surface area contributed by atoms with Gasteiger partial charge in [0, 0.05) is 0 Å². The Hall–Kier alpha value is -0.300. The molecule has 0 rings (SSSR count). The molecule has 0 aliphatic rings. The molecule has 3 nitrogen and oxygen atoms in total. The topological polar surface area (TPSA) is 54.4 Å². The lowest BCUT2D eigenvalue weighted by atomic mass is 10.4. The van der Waals surface area contributed by atoms with Crippen molar-refractivity contribution in [3.63, 3.8) is 0 Å². The molecule has 0 aliphatic carbocycles. The molecule has 0 spiro atoms. The highest BCUT2D eigenvalue weighted by atomic mass is 32.2. The van der Waals surface area contributed by atoms with E-state index in [9.17, 15) is 21.6 Å². The van der Waals surface area contributed by atoms with E-state index >= 15 is 0 Å². The van der Waals surface area contributed by atoms with Crippen molar-refractivity contribution in [2.45, 2.75) is 11.4 Å². The van der Waals surface area contributed by atoms with Crippen molar-refractivity contribution >= 4 is 10.7 Å². The first-order valence-electron chi connectivity index (χ1n) is 2.20. The van der Waals surface area contributed by atoms with Gasteiger partial charge in [-0.1, -0.05) is 0 Å². The first-order chi connectivity index (χ1) is 4.39. The number of halogens is 3. The minimum atomic E-state index is -4.86. The van der Waals surface area contributed by atoms with Gasteiger partial charge in [-0.05, 0) is 0 Å². The molecule has 0 aromatic rings. The number of aliphatic hydroxyl groups excluding tert-OH is 1. The summed E-state index contributed by atoms with van der Waals surface area (Å²) in [5.74, 6) is 0. The van der Waals surface area contributed by atoms with Crippen LogP contribution < -0.4 is 0 Å². The van der Waals surface area contributed by atoms with Gasteiger partial charge in [-0.2, -0.15) is 13.2 Å². The minimum absolute atomic E-state index is 1.41. The third-order valence-electron chi connectivity index (χ3n) is 0.805. The Balaban J connectivity index is 4.37. The number of rotatable bonds is 2. The van der Waals surface area contributed by atoms with E-state index in [1.807, 2.05) is 0 Å². The van der Waals surface area contributed by atoms with Gasteiger partial charge in [-0.25, -0.2) is 8.42 Å². The summed E-state index contributed by atoms with van der Waals surface area (Å²) in [6.45, 7) is -1.41. The van der Waals surface area contributed by atoms with Crippen molar-refractivity contribution in [1.82, 2.24) is 0 Å². The van der Waals surface area contributed by atoms with Crippen molar-refractivity contribution in [2.24, 2.45) is 0 Å². The highest BCUT2D eigenvalue weighted by Crippen LogP contribution is 2.21. The Morgan fingerprint density at radius 3 is 1.80 bits per heavy atom. The van der Waals surface area contributed by atoms with Crippen LogP contribution in [-0.4, -0.2) is 31.6 Å². The molecule has 10 heavy (non-hydrogen) atoms. The molecule has 0 amide bonds. The van der Waals surface area contributed by atoms with E-state index in [4.69, 9.17) is 5.11 Å². The second kappa shape index (κ2) is 3.20. The van der Waals surface area contributed by atoms with Gasteiger partial charge in [-0.15, -0.1) is 0 Å². The van der Waals surface area contributed by atoms with E-state index in [2.05, 4.69) is 0 Å². The maximum Gasteiger partial charge on any atom is 0.407 e. The predicted molar refractivity (Wildman–Crippen MR) is 27.2 cm³/mol. The predicted octanol–water partition coefficient (Wildman–Crippen LogP) is -0.479. The largest absolute Gasteiger partial charge is 0.407 e. The van der Waals surface area contributed by atoms with Crippen LogP contribution in [0.3, 0.4) is 0 Å². The second-order valence-electron chi connectivity index (χ2n) is 1.53. The van der Waals surface area contributed by atoms with Crippen LogP contribution in [0.4, 0.5) is 13.2 Å². The molecule has 1 atom stereocenters. The van der Waals surface area contributed by atoms with Crippen LogP contribution in [0, 0.1) is 0 Å². The van der Waals surface area contributed by atoms with E-state index in [1.54, 1.807) is 0 Å². The smallest absolute Gasteiger partial charge is 0.395 e. The lowest BCUT2D eigenvalue weighted by molar-refractivity contribution is -0.136.